The third-order valence-electron chi connectivity index (χ3n) is 4.67. The molecule has 1 unspecified atom stereocenters. The first-order chi connectivity index (χ1) is 9.74. The van der Waals surface area contributed by atoms with Crippen molar-refractivity contribution in [3.05, 3.63) is 0 Å². The predicted molar refractivity (Wildman–Crippen MR) is 79.6 cm³/mol. The van der Waals surface area contributed by atoms with Crippen molar-refractivity contribution in [3.63, 3.8) is 0 Å². The average molecular weight is 283 g/mol. The van der Waals surface area contributed by atoms with Crippen LogP contribution in [0.3, 0.4) is 0 Å². The van der Waals surface area contributed by atoms with Gasteiger partial charge in [0.25, 0.3) is 0 Å². The van der Waals surface area contributed by atoms with Crippen LogP contribution in [0.5, 0.6) is 0 Å². The molecule has 0 aromatic heterocycles. The highest BCUT2D eigenvalue weighted by Gasteiger charge is 2.25. The molecule has 2 fully saturated rings. The van der Waals surface area contributed by atoms with E-state index in [4.69, 9.17) is 0 Å². The summed E-state index contributed by atoms with van der Waals surface area (Å²) in [5.41, 5.74) is 0. The van der Waals surface area contributed by atoms with E-state index in [1.807, 2.05) is 4.90 Å². The molecule has 116 valence electrons. The second kappa shape index (κ2) is 7.96. The number of aliphatic hydroxyl groups is 1. The van der Waals surface area contributed by atoms with Gasteiger partial charge in [0, 0.05) is 45.3 Å². The molecular formula is C15H29N3O2. The monoisotopic (exact) mass is 283 g/mol. The minimum atomic E-state index is 0.239. The van der Waals surface area contributed by atoms with E-state index in [0.717, 1.165) is 58.5 Å². The van der Waals surface area contributed by atoms with Crippen molar-refractivity contribution < 1.29 is 9.90 Å². The molecule has 5 heteroatoms. The molecule has 0 aliphatic carbocycles. The summed E-state index contributed by atoms with van der Waals surface area (Å²) < 4.78 is 0. The van der Waals surface area contributed by atoms with E-state index in [1.165, 1.54) is 6.42 Å². The summed E-state index contributed by atoms with van der Waals surface area (Å²) in [6.07, 6.45) is 4.58. The van der Waals surface area contributed by atoms with E-state index in [-0.39, 0.29) is 12.6 Å². The number of rotatable bonds is 5. The van der Waals surface area contributed by atoms with Crippen molar-refractivity contribution in [2.45, 2.75) is 38.6 Å². The molecular weight excluding hydrogens is 254 g/mol. The number of amides is 1. The molecule has 0 saturated carbocycles. The highest BCUT2D eigenvalue weighted by atomic mass is 16.3. The first kappa shape index (κ1) is 15.7. The van der Waals surface area contributed by atoms with E-state index in [0.29, 0.717) is 12.5 Å². The summed E-state index contributed by atoms with van der Waals surface area (Å²) in [7, 11) is 0. The molecule has 1 amide bonds. The molecule has 0 aromatic carbocycles. The van der Waals surface area contributed by atoms with Gasteiger partial charge in [-0.15, -0.1) is 0 Å². The van der Waals surface area contributed by atoms with E-state index >= 15 is 0 Å². The van der Waals surface area contributed by atoms with Crippen LogP contribution < -0.4 is 0 Å². The van der Waals surface area contributed by atoms with Crippen LogP contribution in [-0.4, -0.2) is 84.2 Å². The van der Waals surface area contributed by atoms with Crippen LogP contribution >= 0.6 is 0 Å². The number of hydrogen-bond acceptors (Lipinski definition) is 4. The predicted octanol–water partition coefficient (Wildman–Crippen LogP) is 0.387. The van der Waals surface area contributed by atoms with Crippen LogP contribution in [0, 0.1) is 0 Å². The van der Waals surface area contributed by atoms with Gasteiger partial charge in [-0.2, -0.15) is 0 Å². The van der Waals surface area contributed by atoms with Gasteiger partial charge in [-0.25, -0.2) is 0 Å². The Balaban J connectivity index is 1.72. The van der Waals surface area contributed by atoms with Crippen LogP contribution in [0.4, 0.5) is 0 Å². The number of piperazine rings is 1. The third-order valence-corrected chi connectivity index (χ3v) is 4.67. The lowest BCUT2D eigenvalue weighted by Crippen LogP contribution is -2.53. The first-order valence-electron chi connectivity index (χ1n) is 8.09. The van der Waals surface area contributed by atoms with E-state index in [1.54, 1.807) is 0 Å². The first-order valence-corrected chi connectivity index (χ1v) is 8.09. The van der Waals surface area contributed by atoms with Gasteiger partial charge in [-0.1, -0.05) is 6.92 Å². The summed E-state index contributed by atoms with van der Waals surface area (Å²) in [6, 6.07) is 0.287. The van der Waals surface area contributed by atoms with Gasteiger partial charge < -0.3 is 10.0 Å². The van der Waals surface area contributed by atoms with Crippen LogP contribution in [0.15, 0.2) is 0 Å². The van der Waals surface area contributed by atoms with Gasteiger partial charge in [0.15, 0.2) is 0 Å². The summed E-state index contributed by atoms with van der Waals surface area (Å²) in [5, 5.41) is 9.34. The number of carbonyl (C=O) groups is 1. The highest BCUT2D eigenvalue weighted by molar-refractivity contribution is 5.78. The molecule has 1 atom stereocenters. The lowest BCUT2D eigenvalue weighted by atomic mass is 10.1. The Bertz CT molecular complexity index is 293. The molecule has 2 aliphatic rings. The number of likely N-dealkylation sites (tertiary alicyclic amines) is 1. The van der Waals surface area contributed by atoms with Crippen molar-refractivity contribution in [1.82, 2.24) is 14.7 Å². The Hall–Kier alpha value is -0.650. The Morgan fingerprint density at radius 3 is 2.25 bits per heavy atom. The topological polar surface area (TPSA) is 47.0 Å². The van der Waals surface area contributed by atoms with Crippen LogP contribution in [0.25, 0.3) is 0 Å². The summed E-state index contributed by atoms with van der Waals surface area (Å²) in [5.74, 6) is 0.298. The molecule has 0 spiro atoms. The maximum atomic E-state index is 12.2. The van der Waals surface area contributed by atoms with E-state index in [2.05, 4.69) is 16.7 Å². The second-order valence-corrected chi connectivity index (χ2v) is 6.00. The highest BCUT2D eigenvalue weighted by Crippen LogP contribution is 2.11. The van der Waals surface area contributed by atoms with Crippen molar-refractivity contribution in [2.24, 2.45) is 0 Å². The van der Waals surface area contributed by atoms with Crippen molar-refractivity contribution in [3.8, 4) is 0 Å². The minimum Gasteiger partial charge on any atom is -0.395 e. The SMILES string of the molecule is CCC(CO)N1CCN(CC(=O)N2CCCCC2)CC1. The summed E-state index contributed by atoms with van der Waals surface area (Å²) in [6.45, 7) is 8.63. The molecule has 0 radical (unpaired) electrons. The molecule has 20 heavy (non-hydrogen) atoms. The van der Waals surface area contributed by atoms with Crippen molar-refractivity contribution >= 4 is 5.91 Å². The molecule has 2 heterocycles. The molecule has 5 nitrogen and oxygen atoms in total. The van der Waals surface area contributed by atoms with Gasteiger partial charge in [-0.3, -0.25) is 14.6 Å². The molecule has 0 bridgehead atoms. The van der Waals surface area contributed by atoms with Gasteiger partial charge >= 0.3 is 0 Å². The lowest BCUT2D eigenvalue weighted by molar-refractivity contribution is -0.133. The quantitative estimate of drug-likeness (QED) is 0.793. The van der Waals surface area contributed by atoms with Gasteiger partial charge in [-0.05, 0) is 25.7 Å². The van der Waals surface area contributed by atoms with Crippen LogP contribution in [0.2, 0.25) is 0 Å². The Kier molecular flexibility index (Phi) is 6.26. The fourth-order valence-corrected chi connectivity index (χ4v) is 3.22. The minimum absolute atomic E-state index is 0.239. The fraction of sp³-hybridized carbons (Fsp3) is 0.933. The zero-order valence-corrected chi connectivity index (χ0v) is 12.8. The maximum Gasteiger partial charge on any atom is 0.236 e. The molecule has 1 N–H and O–H groups in total. The number of piperidine rings is 1. The van der Waals surface area contributed by atoms with Crippen molar-refractivity contribution in [1.29, 1.82) is 0 Å². The van der Waals surface area contributed by atoms with Gasteiger partial charge in [0.2, 0.25) is 5.91 Å². The van der Waals surface area contributed by atoms with Gasteiger partial charge in [0.1, 0.15) is 0 Å². The smallest absolute Gasteiger partial charge is 0.236 e. The Morgan fingerprint density at radius 1 is 1.05 bits per heavy atom. The molecule has 0 aromatic rings. The van der Waals surface area contributed by atoms with Crippen LogP contribution in [0.1, 0.15) is 32.6 Å². The van der Waals surface area contributed by atoms with Gasteiger partial charge in [0.05, 0.1) is 13.2 Å². The number of carbonyl (C=O) groups excluding carboxylic acids is 1. The largest absolute Gasteiger partial charge is 0.395 e. The third kappa shape index (κ3) is 4.17. The number of nitrogens with zero attached hydrogens (tertiary/aromatic N) is 3. The molecule has 2 aliphatic heterocycles. The number of aliphatic hydroxyl groups excluding tert-OH is 1. The van der Waals surface area contributed by atoms with Crippen LogP contribution in [-0.2, 0) is 4.79 Å². The Labute approximate surface area is 122 Å². The maximum absolute atomic E-state index is 12.2. The van der Waals surface area contributed by atoms with E-state index in [9.17, 15) is 9.90 Å². The molecule has 2 saturated heterocycles. The normalized spacial score (nSPS) is 23.8. The number of hydrogen-bond donors (Lipinski definition) is 1. The van der Waals surface area contributed by atoms with E-state index < -0.39 is 0 Å². The zero-order chi connectivity index (χ0) is 14.4. The fourth-order valence-electron chi connectivity index (χ4n) is 3.22. The zero-order valence-electron chi connectivity index (χ0n) is 12.8. The summed E-state index contributed by atoms with van der Waals surface area (Å²) >= 11 is 0. The average Bonchev–Trinajstić information content (AvgIpc) is 2.51. The standard InChI is InChI=1S/C15H29N3O2/c1-2-14(13-19)17-10-8-16(9-11-17)12-15(20)18-6-4-3-5-7-18/h14,19H,2-13H2,1H3. The Morgan fingerprint density at radius 2 is 1.70 bits per heavy atom. The lowest BCUT2D eigenvalue weighted by Gasteiger charge is -2.39. The van der Waals surface area contributed by atoms with Crippen molar-refractivity contribution in [2.75, 3.05) is 52.4 Å². The molecule has 2 rings (SSSR count). The summed E-state index contributed by atoms with van der Waals surface area (Å²) in [4.78, 5) is 18.9. The second-order valence-electron chi connectivity index (χ2n) is 6.00.